The second-order valence-electron chi connectivity index (χ2n) is 9.40. The number of nitrogens with one attached hydrogen (secondary N) is 2. The van der Waals surface area contributed by atoms with Crippen LogP contribution in [-0.2, 0) is 15.0 Å². The van der Waals surface area contributed by atoms with Gasteiger partial charge in [0.1, 0.15) is 11.5 Å². The summed E-state index contributed by atoms with van der Waals surface area (Å²) in [6.07, 6.45) is 0.817. The maximum absolute atomic E-state index is 12.7. The van der Waals surface area contributed by atoms with Crippen molar-refractivity contribution in [3.63, 3.8) is 0 Å². The molecule has 0 heterocycles. The third-order valence-electron chi connectivity index (χ3n) is 5.34. The van der Waals surface area contributed by atoms with Gasteiger partial charge in [0.05, 0.1) is 18.0 Å². The summed E-state index contributed by atoms with van der Waals surface area (Å²) in [6.45, 7) is 8.19. The van der Waals surface area contributed by atoms with Crippen molar-refractivity contribution in [2.24, 2.45) is 0 Å². The van der Waals surface area contributed by atoms with Crippen molar-refractivity contribution >= 4 is 29.2 Å². The molecule has 0 atom stereocenters. The Bertz CT molecular complexity index is 1210. The standard InChI is InChI=1S/C29H32N2O5/c1-20(32)36-24-10-7-9-21(19-24)28(34)31-26-12-6-5-11-25(26)30-27(33)13-8-18-35-23-16-14-22(15-17-23)29(2,3)4/h5-7,9-12,14-17,19H,8,13,18H2,1-4H3,(H,30,33)(H,31,34). The van der Waals surface area contributed by atoms with Crippen molar-refractivity contribution in [1.82, 2.24) is 0 Å². The summed E-state index contributed by atoms with van der Waals surface area (Å²) in [6, 6.07) is 21.3. The fourth-order valence-corrected chi connectivity index (χ4v) is 3.45. The lowest BCUT2D eigenvalue weighted by Gasteiger charge is -2.19. The summed E-state index contributed by atoms with van der Waals surface area (Å²) in [4.78, 5) is 36.4. The number of para-hydroxylation sites is 2. The molecule has 36 heavy (non-hydrogen) atoms. The van der Waals surface area contributed by atoms with Crippen LogP contribution in [-0.4, -0.2) is 24.4 Å². The highest BCUT2D eigenvalue weighted by atomic mass is 16.5. The number of rotatable bonds is 9. The van der Waals surface area contributed by atoms with Crippen molar-refractivity contribution in [3.05, 3.63) is 83.9 Å². The van der Waals surface area contributed by atoms with Crippen LogP contribution in [0.3, 0.4) is 0 Å². The van der Waals surface area contributed by atoms with E-state index < -0.39 is 11.9 Å². The normalized spacial score (nSPS) is 10.9. The molecule has 3 aromatic rings. The smallest absolute Gasteiger partial charge is 0.308 e. The topological polar surface area (TPSA) is 93.7 Å². The van der Waals surface area contributed by atoms with Gasteiger partial charge >= 0.3 is 5.97 Å². The van der Waals surface area contributed by atoms with Gasteiger partial charge in [-0.3, -0.25) is 14.4 Å². The first-order chi connectivity index (χ1) is 17.1. The molecule has 0 aliphatic heterocycles. The molecule has 3 rings (SSSR count). The van der Waals surface area contributed by atoms with E-state index in [2.05, 4.69) is 43.5 Å². The summed E-state index contributed by atoms with van der Waals surface area (Å²) >= 11 is 0. The van der Waals surface area contributed by atoms with Crippen LogP contribution in [0, 0.1) is 0 Å². The molecule has 0 fully saturated rings. The molecule has 0 radical (unpaired) electrons. The lowest BCUT2D eigenvalue weighted by Crippen LogP contribution is -2.17. The van der Waals surface area contributed by atoms with Crippen molar-refractivity contribution in [1.29, 1.82) is 0 Å². The third-order valence-corrected chi connectivity index (χ3v) is 5.34. The maximum atomic E-state index is 12.7. The molecule has 188 valence electrons. The molecule has 0 spiro atoms. The first-order valence-electron chi connectivity index (χ1n) is 11.8. The van der Waals surface area contributed by atoms with Gasteiger partial charge in [0.25, 0.3) is 5.91 Å². The Hall–Kier alpha value is -4.13. The molecule has 7 nitrogen and oxygen atoms in total. The summed E-state index contributed by atoms with van der Waals surface area (Å²) < 4.78 is 10.8. The van der Waals surface area contributed by atoms with Crippen LogP contribution in [0.1, 0.15) is 56.5 Å². The van der Waals surface area contributed by atoms with E-state index in [-0.39, 0.29) is 23.5 Å². The monoisotopic (exact) mass is 488 g/mol. The zero-order valence-electron chi connectivity index (χ0n) is 21.1. The zero-order valence-corrected chi connectivity index (χ0v) is 21.1. The second-order valence-corrected chi connectivity index (χ2v) is 9.40. The Morgan fingerprint density at radius 1 is 0.806 bits per heavy atom. The minimum Gasteiger partial charge on any atom is -0.494 e. The number of esters is 1. The van der Waals surface area contributed by atoms with E-state index >= 15 is 0 Å². The molecule has 0 aliphatic rings. The fourth-order valence-electron chi connectivity index (χ4n) is 3.45. The number of carbonyl (C=O) groups excluding carboxylic acids is 3. The molecule has 3 aromatic carbocycles. The van der Waals surface area contributed by atoms with Crippen molar-refractivity contribution in [2.45, 2.75) is 46.0 Å². The predicted molar refractivity (Wildman–Crippen MR) is 141 cm³/mol. The number of benzene rings is 3. The van der Waals surface area contributed by atoms with Crippen LogP contribution in [0.2, 0.25) is 0 Å². The molecule has 2 amide bonds. The lowest BCUT2D eigenvalue weighted by atomic mass is 9.87. The van der Waals surface area contributed by atoms with Gasteiger partial charge < -0.3 is 20.1 Å². The molecule has 7 heteroatoms. The molecular weight excluding hydrogens is 456 g/mol. The van der Waals surface area contributed by atoms with E-state index in [9.17, 15) is 14.4 Å². The van der Waals surface area contributed by atoms with E-state index in [0.29, 0.717) is 30.0 Å². The highest BCUT2D eigenvalue weighted by Gasteiger charge is 2.14. The Labute approximate surface area is 211 Å². The SMILES string of the molecule is CC(=O)Oc1cccc(C(=O)Nc2ccccc2NC(=O)CCCOc2ccc(C(C)(C)C)cc2)c1. The van der Waals surface area contributed by atoms with E-state index in [1.54, 1.807) is 42.5 Å². The Balaban J connectivity index is 1.51. The van der Waals surface area contributed by atoms with Gasteiger partial charge in [-0.15, -0.1) is 0 Å². The highest BCUT2D eigenvalue weighted by molar-refractivity contribution is 6.07. The second kappa shape index (κ2) is 12.0. The molecule has 0 saturated carbocycles. The van der Waals surface area contributed by atoms with Gasteiger partial charge in [-0.2, -0.15) is 0 Å². The van der Waals surface area contributed by atoms with Crippen LogP contribution in [0.15, 0.2) is 72.8 Å². The number of hydrogen-bond acceptors (Lipinski definition) is 5. The van der Waals surface area contributed by atoms with Gasteiger partial charge in [0.2, 0.25) is 5.91 Å². The Morgan fingerprint density at radius 2 is 1.47 bits per heavy atom. The molecule has 0 unspecified atom stereocenters. The number of amides is 2. The van der Waals surface area contributed by atoms with Crippen molar-refractivity contribution < 1.29 is 23.9 Å². The van der Waals surface area contributed by atoms with Gasteiger partial charge in [-0.25, -0.2) is 0 Å². The maximum Gasteiger partial charge on any atom is 0.308 e. The van der Waals surface area contributed by atoms with Crippen LogP contribution in [0.25, 0.3) is 0 Å². The van der Waals surface area contributed by atoms with E-state index in [4.69, 9.17) is 9.47 Å². The third kappa shape index (κ3) is 7.98. The Kier molecular flexibility index (Phi) is 8.84. The molecular formula is C29H32N2O5. The summed E-state index contributed by atoms with van der Waals surface area (Å²) in [5, 5.41) is 5.65. The molecule has 2 N–H and O–H groups in total. The van der Waals surface area contributed by atoms with Gasteiger partial charge in [-0.05, 0) is 59.9 Å². The Morgan fingerprint density at radius 3 is 2.11 bits per heavy atom. The van der Waals surface area contributed by atoms with Crippen molar-refractivity contribution in [2.75, 3.05) is 17.2 Å². The van der Waals surface area contributed by atoms with Crippen LogP contribution in [0.5, 0.6) is 11.5 Å². The van der Waals surface area contributed by atoms with Crippen molar-refractivity contribution in [3.8, 4) is 11.5 Å². The number of hydrogen-bond donors (Lipinski definition) is 2. The average molecular weight is 489 g/mol. The summed E-state index contributed by atoms with van der Waals surface area (Å²) in [5.41, 5.74) is 2.59. The first-order valence-corrected chi connectivity index (χ1v) is 11.8. The predicted octanol–water partition coefficient (Wildman–Crippen LogP) is 5.96. The van der Waals surface area contributed by atoms with Crippen LogP contribution in [0.4, 0.5) is 11.4 Å². The number of ether oxygens (including phenoxy) is 2. The molecule has 0 aliphatic carbocycles. The molecule has 0 aromatic heterocycles. The minimum atomic E-state index is -0.468. The van der Waals surface area contributed by atoms with Gasteiger partial charge in [-0.1, -0.05) is 51.1 Å². The van der Waals surface area contributed by atoms with Crippen LogP contribution >= 0.6 is 0 Å². The largest absolute Gasteiger partial charge is 0.494 e. The van der Waals surface area contributed by atoms with E-state index in [0.717, 1.165) is 5.75 Å². The lowest BCUT2D eigenvalue weighted by molar-refractivity contribution is -0.131. The van der Waals surface area contributed by atoms with E-state index in [1.807, 2.05) is 12.1 Å². The van der Waals surface area contributed by atoms with Gasteiger partial charge in [0, 0.05) is 18.9 Å². The number of carbonyl (C=O) groups is 3. The molecule has 0 bridgehead atoms. The average Bonchev–Trinajstić information content (AvgIpc) is 2.82. The number of anilines is 2. The highest BCUT2D eigenvalue weighted by Crippen LogP contribution is 2.25. The molecule has 0 saturated heterocycles. The summed E-state index contributed by atoms with van der Waals surface area (Å²) in [5.74, 6) is 0.0135. The quantitative estimate of drug-likeness (QED) is 0.220. The van der Waals surface area contributed by atoms with E-state index in [1.165, 1.54) is 18.6 Å². The van der Waals surface area contributed by atoms with Gasteiger partial charge in [0.15, 0.2) is 0 Å². The fraction of sp³-hybridized carbons (Fsp3) is 0.276. The summed E-state index contributed by atoms with van der Waals surface area (Å²) in [7, 11) is 0. The first kappa shape index (κ1) is 26.5. The zero-order chi connectivity index (χ0) is 26.1. The van der Waals surface area contributed by atoms with Crippen LogP contribution < -0.4 is 20.1 Å². The minimum absolute atomic E-state index is 0.0837.